The van der Waals surface area contributed by atoms with Gasteiger partial charge in [0, 0.05) is 30.1 Å². The molecule has 0 radical (unpaired) electrons. The van der Waals surface area contributed by atoms with Gasteiger partial charge in [-0.2, -0.15) is 4.31 Å². The lowest BCUT2D eigenvalue weighted by atomic mass is 9.94. The van der Waals surface area contributed by atoms with Crippen LogP contribution in [0.3, 0.4) is 0 Å². The van der Waals surface area contributed by atoms with Gasteiger partial charge in [0.25, 0.3) is 0 Å². The van der Waals surface area contributed by atoms with Crippen LogP contribution in [-0.4, -0.2) is 35.8 Å². The third kappa shape index (κ3) is 4.38. The van der Waals surface area contributed by atoms with Gasteiger partial charge in [0.1, 0.15) is 11.6 Å². The van der Waals surface area contributed by atoms with Crippen LogP contribution in [0.4, 0.5) is 15.3 Å². The molecule has 0 atom stereocenters. The van der Waals surface area contributed by atoms with Gasteiger partial charge in [-0.15, -0.1) is 11.3 Å². The van der Waals surface area contributed by atoms with E-state index in [1.165, 1.54) is 33.8 Å². The quantitative estimate of drug-likeness (QED) is 0.620. The van der Waals surface area contributed by atoms with Crippen LogP contribution in [0.5, 0.6) is 0 Å². The first-order chi connectivity index (χ1) is 14.3. The minimum Gasteiger partial charge on any atom is -0.316 e. The third-order valence-corrected chi connectivity index (χ3v) is 8.03. The molecule has 6 nitrogen and oxygen atoms in total. The molecule has 9 heteroatoms. The van der Waals surface area contributed by atoms with Gasteiger partial charge in [-0.1, -0.05) is 6.07 Å². The van der Waals surface area contributed by atoms with Crippen molar-refractivity contribution in [3.63, 3.8) is 0 Å². The Hall–Kier alpha value is -2.36. The summed E-state index contributed by atoms with van der Waals surface area (Å²) >= 11 is 1.53. The molecule has 1 fully saturated rings. The number of aromatic nitrogens is 2. The molecule has 30 heavy (non-hydrogen) atoms. The van der Waals surface area contributed by atoms with E-state index in [1.807, 2.05) is 30.5 Å². The molecule has 158 valence electrons. The average molecular weight is 447 g/mol. The second kappa shape index (κ2) is 8.41. The summed E-state index contributed by atoms with van der Waals surface area (Å²) in [6.45, 7) is 4.34. The van der Waals surface area contributed by atoms with Crippen LogP contribution in [0.1, 0.15) is 35.7 Å². The van der Waals surface area contributed by atoms with E-state index < -0.39 is 15.8 Å². The summed E-state index contributed by atoms with van der Waals surface area (Å²) in [6, 6.07) is 9.78. The SMILES string of the molecule is Cc1csc(Nc2cccc(C3CCN(S(=O)(=O)c4ccc(F)c(C)c4)CC3)n2)n1. The van der Waals surface area contributed by atoms with Gasteiger partial charge in [-0.3, -0.25) is 0 Å². The first kappa shape index (κ1) is 20.9. The Labute approximate surface area is 179 Å². The van der Waals surface area contributed by atoms with Gasteiger partial charge >= 0.3 is 0 Å². The van der Waals surface area contributed by atoms with Gasteiger partial charge in [0.2, 0.25) is 10.0 Å². The van der Waals surface area contributed by atoms with Crippen molar-refractivity contribution in [2.45, 2.75) is 37.5 Å². The van der Waals surface area contributed by atoms with Crippen molar-refractivity contribution in [2.24, 2.45) is 0 Å². The Morgan fingerprint density at radius 2 is 1.90 bits per heavy atom. The van der Waals surface area contributed by atoms with Crippen molar-refractivity contribution in [3.05, 3.63) is 64.5 Å². The number of thiazole rings is 1. The molecular weight excluding hydrogens is 423 g/mol. The normalized spacial score (nSPS) is 16.0. The summed E-state index contributed by atoms with van der Waals surface area (Å²) in [4.78, 5) is 9.25. The number of hydrogen-bond acceptors (Lipinski definition) is 6. The number of nitrogens with zero attached hydrogens (tertiary/aromatic N) is 3. The van der Waals surface area contributed by atoms with Crippen LogP contribution in [0.15, 0.2) is 46.7 Å². The zero-order valence-electron chi connectivity index (χ0n) is 16.8. The molecule has 1 saturated heterocycles. The van der Waals surface area contributed by atoms with Gasteiger partial charge in [0.05, 0.1) is 10.6 Å². The second-order valence-electron chi connectivity index (χ2n) is 7.46. The van der Waals surface area contributed by atoms with Crippen molar-refractivity contribution in [3.8, 4) is 0 Å². The van der Waals surface area contributed by atoms with Crippen LogP contribution in [0.2, 0.25) is 0 Å². The van der Waals surface area contributed by atoms with E-state index in [0.717, 1.165) is 22.3 Å². The number of piperidine rings is 1. The summed E-state index contributed by atoms with van der Waals surface area (Å²) in [6.07, 6.45) is 1.37. The number of rotatable bonds is 5. The largest absolute Gasteiger partial charge is 0.316 e. The molecule has 4 rings (SSSR count). The van der Waals surface area contributed by atoms with E-state index in [4.69, 9.17) is 4.98 Å². The molecule has 1 aromatic carbocycles. The number of pyridine rings is 1. The van der Waals surface area contributed by atoms with Crippen molar-refractivity contribution in [1.29, 1.82) is 0 Å². The van der Waals surface area contributed by atoms with Crippen LogP contribution < -0.4 is 5.32 Å². The summed E-state index contributed by atoms with van der Waals surface area (Å²) in [7, 11) is -3.63. The maximum Gasteiger partial charge on any atom is 0.243 e. The summed E-state index contributed by atoms with van der Waals surface area (Å²) < 4.78 is 40.8. The Bertz CT molecular complexity index is 1160. The maximum absolute atomic E-state index is 13.5. The highest BCUT2D eigenvalue weighted by Crippen LogP contribution is 2.31. The first-order valence-corrected chi connectivity index (χ1v) is 12.1. The summed E-state index contributed by atoms with van der Waals surface area (Å²) in [5.74, 6) is 0.519. The zero-order valence-corrected chi connectivity index (χ0v) is 18.4. The van der Waals surface area contributed by atoms with Gasteiger partial charge in [-0.25, -0.2) is 22.8 Å². The molecular formula is C21H23FN4O2S2. The van der Waals surface area contributed by atoms with Crippen molar-refractivity contribution >= 4 is 32.3 Å². The van der Waals surface area contributed by atoms with E-state index in [9.17, 15) is 12.8 Å². The van der Waals surface area contributed by atoms with Crippen LogP contribution in [0, 0.1) is 19.7 Å². The number of aryl methyl sites for hydroxylation is 2. The maximum atomic E-state index is 13.5. The van der Waals surface area contributed by atoms with Crippen LogP contribution in [-0.2, 0) is 10.0 Å². The molecule has 0 saturated carbocycles. The standard InChI is InChI=1S/C21H23FN4O2S2/c1-14-12-17(6-7-18(14)22)30(27,28)26-10-8-16(9-11-26)19-4-3-5-20(24-19)25-21-23-15(2)13-29-21/h3-7,12-13,16H,8-11H2,1-2H3,(H,23,24,25). The van der Waals surface area contributed by atoms with Crippen molar-refractivity contribution < 1.29 is 12.8 Å². The summed E-state index contributed by atoms with van der Waals surface area (Å²) in [5.41, 5.74) is 2.24. The molecule has 0 unspecified atom stereocenters. The number of hydrogen-bond donors (Lipinski definition) is 1. The van der Waals surface area contributed by atoms with Gasteiger partial charge in [-0.05, 0) is 62.6 Å². The molecule has 2 aromatic heterocycles. The molecule has 1 N–H and O–H groups in total. The lowest BCUT2D eigenvalue weighted by molar-refractivity contribution is 0.317. The van der Waals surface area contributed by atoms with Crippen molar-refractivity contribution in [1.82, 2.24) is 14.3 Å². The predicted octanol–water partition coefficient (Wildman–Crippen LogP) is 4.61. The lowest BCUT2D eigenvalue weighted by Crippen LogP contribution is -2.38. The van der Waals surface area contributed by atoms with E-state index >= 15 is 0 Å². The zero-order chi connectivity index (χ0) is 21.3. The number of sulfonamides is 1. The molecule has 0 aliphatic carbocycles. The van der Waals surface area contributed by atoms with E-state index in [-0.39, 0.29) is 10.8 Å². The highest BCUT2D eigenvalue weighted by molar-refractivity contribution is 7.89. The van der Waals surface area contributed by atoms with Crippen LogP contribution in [0.25, 0.3) is 0 Å². The van der Waals surface area contributed by atoms with E-state index in [2.05, 4.69) is 10.3 Å². The smallest absolute Gasteiger partial charge is 0.243 e. The molecule has 1 aliphatic heterocycles. The fourth-order valence-corrected chi connectivity index (χ4v) is 5.84. The average Bonchev–Trinajstić information content (AvgIpc) is 3.15. The summed E-state index contributed by atoms with van der Waals surface area (Å²) in [5, 5.41) is 6.00. The Morgan fingerprint density at radius 3 is 2.57 bits per heavy atom. The van der Waals surface area contributed by atoms with E-state index in [0.29, 0.717) is 31.5 Å². The molecule has 0 bridgehead atoms. The Morgan fingerprint density at radius 1 is 1.13 bits per heavy atom. The Balaban J connectivity index is 1.44. The van der Waals surface area contributed by atoms with Crippen molar-refractivity contribution in [2.75, 3.05) is 18.4 Å². The number of anilines is 2. The third-order valence-electron chi connectivity index (χ3n) is 5.26. The topological polar surface area (TPSA) is 75.2 Å². The first-order valence-electron chi connectivity index (χ1n) is 9.75. The van der Waals surface area contributed by atoms with Gasteiger partial charge in [0.15, 0.2) is 5.13 Å². The molecule has 1 aliphatic rings. The molecule has 0 spiro atoms. The lowest BCUT2D eigenvalue weighted by Gasteiger charge is -2.31. The monoisotopic (exact) mass is 446 g/mol. The highest BCUT2D eigenvalue weighted by atomic mass is 32.2. The number of benzene rings is 1. The fourth-order valence-electron chi connectivity index (χ4n) is 3.59. The fraction of sp³-hybridized carbons (Fsp3) is 0.333. The minimum absolute atomic E-state index is 0.142. The predicted molar refractivity (Wildman–Crippen MR) is 116 cm³/mol. The van der Waals surface area contributed by atoms with Gasteiger partial charge < -0.3 is 5.32 Å². The highest BCUT2D eigenvalue weighted by Gasteiger charge is 2.30. The minimum atomic E-state index is -3.63. The number of nitrogens with one attached hydrogen (secondary N) is 1. The van der Waals surface area contributed by atoms with E-state index in [1.54, 1.807) is 6.92 Å². The molecule has 0 amide bonds. The second-order valence-corrected chi connectivity index (χ2v) is 10.3. The number of halogens is 1. The van der Waals surface area contributed by atoms with Crippen LogP contribution >= 0.6 is 11.3 Å². The molecule has 3 aromatic rings. The Kier molecular flexibility index (Phi) is 5.86. The molecule has 3 heterocycles.